The summed E-state index contributed by atoms with van der Waals surface area (Å²) in [6.07, 6.45) is 1.38. The summed E-state index contributed by atoms with van der Waals surface area (Å²) in [6.45, 7) is 1.23. The van der Waals surface area contributed by atoms with E-state index in [1.165, 1.54) is 11.1 Å². The van der Waals surface area contributed by atoms with Gasteiger partial charge in [-0.25, -0.2) is 4.79 Å². The van der Waals surface area contributed by atoms with Gasteiger partial charge < -0.3 is 10.4 Å². The molecule has 0 saturated carbocycles. The topological polar surface area (TPSA) is 67.2 Å². The molecule has 0 unspecified atom stereocenters. The number of carbonyl (C=O) groups is 1. The van der Waals surface area contributed by atoms with E-state index < -0.39 is 5.97 Å². The van der Waals surface area contributed by atoms with Crippen LogP contribution in [0.4, 0.5) is 0 Å². The van der Waals surface area contributed by atoms with Gasteiger partial charge in [0.25, 0.3) is 0 Å². The van der Waals surface area contributed by atoms with Crippen LogP contribution < -0.4 is 5.32 Å². The van der Waals surface area contributed by atoms with E-state index in [4.69, 9.17) is 5.11 Å². The van der Waals surface area contributed by atoms with Crippen molar-refractivity contribution in [2.24, 2.45) is 7.05 Å². The van der Waals surface area contributed by atoms with Crippen molar-refractivity contribution in [3.8, 4) is 0 Å². The van der Waals surface area contributed by atoms with Crippen LogP contribution in [0.1, 0.15) is 20.9 Å². The fraction of sp³-hybridized carbons (Fsp3) is 0.273. The van der Waals surface area contributed by atoms with Gasteiger partial charge in [0, 0.05) is 25.0 Å². The zero-order valence-electron chi connectivity index (χ0n) is 9.38. The lowest BCUT2D eigenvalue weighted by Crippen LogP contribution is -2.17. The predicted octanol–water partition coefficient (Wildman–Crippen LogP) is 1.47. The summed E-state index contributed by atoms with van der Waals surface area (Å²) in [5.74, 6) is -0.939. The summed E-state index contributed by atoms with van der Waals surface area (Å²) in [5.41, 5.74) is 0.945. The fourth-order valence-electron chi connectivity index (χ4n) is 1.57. The second-order valence-electron chi connectivity index (χ2n) is 3.62. The van der Waals surface area contributed by atoms with E-state index in [0.29, 0.717) is 12.2 Å². The van der Waals surface area contributed by atoms with Crippen molar-refractivity contribution in [3.63, 3.8) is 0 Å². The fourth-order valence-corrected chi connectivity index (χ4v) is 2.24. The standard InChI is InChI=1S/C11H13N3O2S/c1-14-10(9(6-13-14)11(15)16)7-12-5-8-3-2-4-17-8/h2-4,6,12H,5,7H2,1H3,(H,15,16). The molecule has 2 aromatic rings. The van der Waals surface area contributed by atoms with E-state index in [2.05, 4.69) is 10.4 Å². The molecule has 0 spiro atoms. The number of aromatic carboxylic acids is 1. The first-order valence-corrected chi connectivity index (χ1v) is 6.03. The third-order valence-corrected chi connectivity index (χ3v) is 3.34. The third-order valence-electron chi connectivity index (χ3n) is 2.46. The molecule has 0 saturated heterocycles. The summed E-state index contributed by atoms with van der Waals surface area (Å²) in [4.78, 5) is 12.2. The van der Waals surface area contributed by atoms with E-state index in [-0.39, 0.29) is 5.56 Å². The first-order valence-electron chi connectivity index (χ1n) is 5.15. The maximum atomic E-state index is 10.9. The van der Waals surface area contributed by atoms with Crippen LogP contribution in [-0.2, 0) is 20.1 Å². The van der Waals surface area contributed by atoms with Crippen molar-refractivity contribution in [2.75, 3.05) is 0 Å². The van der Waals surface area contributed by atoms with E-state index in [9.17, 15) is 4.79 Å². The van der Waals surface area contributed by atoms with Crippen LogP contribution in [0.15, 0.2) is 23.7 Å². The average Bonchev–Trinajstić information content (AvgIpc) is 2.89. The first-order chi connectivity index (χ1) is 8.18. The maximum absolute atomic E-state index is 10.9. The highest BCUT2D eigenvalue weighted by molar-refractivity contribution is 7.09. The number of thiophene rings is 1. The lowest BCUT2D eigenvalue weighted by Gasteiger charge is -2.05. The van der Waals surface area contributed by atoms with Gasteiger partial charge >= 0.3 is 5.97 Å². The molecule has 0 bridgehead atoms. The number of rotatable bonds is 5. The summed E-state index contributed by atoms with van der Waals surface area (Å²) in [5, 5.41) is 18.2. The third kappa shape index (κ3) is 2.72. The smallest absolute Gasteiger partial charge is 0.339 e. The Kier molecular flexibility index (Phi) is 3.55. The Labute approximate surface area is 103 Å². The van der Waals surface area contributed by atoms with Crippen LogP contribution in [-0.4, -0.2) is 20.9 Å². The number of carboxylic acid groups (broad SMARTS) is 1. The molecule has 0 aliphatic heterocycles. The molecule has 2 rings (SSSR count). The summed E-state index contributed by atoms with van der Waals surface area (Å²) in [7, 11) is 1.74. The molecule has 0 aliphatic rings. The Morgan fingerprint density at radius 3 is 3.06 bits per heavy atom. The highest BCUT2D eigenvalue weighted by atomic mass is 32.1. The lowest BCUT2D eigenvalue weighted by molar-refractivity contribution is 0.0695. The Bertz CT molecular complexity index is 505. The lowest BCUT2D eigenvalue weighted by atomic mass is 10.2. The average molecular weight is 251 g/mol. The van der Waals surface area contributed by atoms with Crippen molar-refractivity contribution in [3.05, 3.63) is 39.8 Å². The van der Waals surface area contributed by atoms with Crippen LogP contribution in [0.25, 0.3) is 0 Å². The predicted molar refractivity (Wildman–Crippen MR) is 65.0 cm³/mol. The number of aromatic nitrogens is 2. The van der Waals surface area contributed by atoms with Gasteiger partial charge in [0.2, 0.25) is 0 Å². The Morgan fingerprint density at radius 2 is 2.41 bits per heavy atom. The second kappa shape index (κ2) is 5.11. The monoisotopic (exact) mass is 251 g/mol. The van der Waals surface area contributed by atoms with Crippen molar-refractivity contribution >= 4 is 17.3 Å². The summed E-state index contributed by atoms with van der Waals surface area (Å²) < 4.78 is 1.59. The van der Waals surface area contributed by atoms with E-state index in [0.717, 1.165) is 6.54 Å². The Balaban J connectivity index is 1.99. The number of nitrogens with one attached hydrogen (secondary N) is 1. The number of carboxylic acids is 1. The van der Waals surface area contributed by atoms with Crippen molar-refractivity contribution in [1.29, 1.82) is 0 Å². The van der Waals surface area contributed by atoms with Gasteiger partial charge in [0.15, 0.2) is 0 Å². The molecule has 17 heavy (non-hydrogen) atoms. The van der Waals surface area contributed by atoms with Gasteiger partial charge in [-0.05, 0) is 11.4 Å². The van der Waals surface area contributed by atoms with Gasteiger partial charge in [0.05, 0.1) is 11.9 Å². The SMILES string of the molecule is Cn1ncc(C(=O)O)c1CNCc1cccs1. The van der Waals surface area contributed by atoms with Crippen molar-refractivity contribution in [1.82, 2.24) is 15.1 Å². The van der Waals surface area contributed by atoms with E-state index in [1.807, 2.05) is 17.5 Å². The molecular weight excluding hydrogens is 238 g/mol. The number of nitrogens with zero attached hydrogens (tertiary/aromatic N) is 2. The van der Waals surface area contributed by atoms with Gasteiger partial charge in [-0.3, -0.25) is 4.68 Å². The van der Waals surface area contributed by atoms with Crippen molar-refractivity contribution < 1.29 is 9.90 Å². The molecule has 0 fully saturated rings. The molecule has 0 aliphatic carbocycles. The molecule has 2 aromatic heterocycles. The molecule has 90 valence electrons. The van der Waals surface area contributed by atoms with Crippen LogP contribution >= 0.6 is 11.3 Å². The minimum Gasteiger partial charge on any atom is -0.478 e. The minimum absolute atomic E-state index is 0.256. The van der Waals surface area contributed by atoms with Crippen LogP contribution in [0.5, 0.6) is 0 Å². The second-order valence-corrected chi connectivity index (χ2v) is 4.65. The normalized spacial score (nSPS) is 10.6. The maximum Gasteiger partial charge on any atom is 0.339 e. The van der Waals surface area contributed by atoms with Crippen LogP contribution in [0, 0.1) is 0 Å². The zero-order valence-corrected chi connectivity index (χ0v) is 10.2. The first kappa shape index (κ1) is 11.8. The molecule has 6 heteroatoms. The molecule has 0 aromatic carbocycles. The highest BCUT2D eigenvalue weighted by Gasteiger charge is 2.14. The van der Waals surface area contributed by atoms with Gasteiger partial charge in [-0.15, -0.1) is 11.3 Å². The van der Waals surface area contributed by atoms with E-state index in [1.54, 1.807) is 23.1 Å². The highest BCUT2D eigenvalue weighted by Crippen LogP contribution is 2.10. The van der Waals surface area contributed by atoms with E-state index >= 15 is 0 Å². The summed E-state index contributed by atoms with van der Waals surface area (Å²) in [6, 6.07) is 4.04. The van der Waals surface area contributed by atoms with Gasteiger partial charge in [0.1, 0.15) is 5.56 Å². The molecule has 2 heterocycles. The number of hydrogen-bond donors (Lipinski definition) is 2. The van der Waals surface area contributed by atoms with Crippen LogP contribution in [0.3, 0.4) is 0 Å². The molecule has 0 radical (unpaired) electrons. The number of hydrogen-bond acceptors (Lipinski definition) is 4. The molecule has 2 N–H and O–H groups in total. The molecule has 0 atom stereocenters. The summed E-state index contributed by atoms with van der Waals surface area (Å²) >= 11 is 1.67. The van der Waals surface area contributed by atoms with Gasteiger partial charge in [-0.1, -0.05) is 6.07 Å². The largest absolute Gasteiger partial charge is 0.478 e. The van der Waals surface area contributed by atoms with Crippen molar-refractivity contribution in [2.45, 2.75) is 13.1 Å². The van der Waals surface area contributed by atoms with Crippen LogP contribution in [0.2, 0.25) is 0 Å². The molecule has 5 nitrogen and oxygen atoms in total. The number of aryl methyl sites for hydroxylation is 1. The minimum atomic E-state index is -0.939. The molecular formula is C11H13N3O2S. The Morgan fingerprint density at radius 1 is 1.59 bits per heavy atom. The zero-order chi connectivity index (χ0) is 12.3. The quantitative estimate of drug-likeness (QED) is 0.844. The Hall–Kier alpha value is -1.66. The molecule has 0 amide bonds. The van der Waals surface area contributed by atoms with Gasteiger partial charge in [-0.2, -0.15) is 5.10 Å².